The minimum Gasteiger partial charge on any atom is -0.399 e. The molecule has 7 N–H and O–H groups in total. The first-order chi connectivity index (χ1) is 11.4. The summed E-state index contributed by atoms with van der Waals surface area (Å²) < 4.78 is 46.0. The van der Waals surface area contributed by atoms with Gasteiger partial charge in [-0.05, 0) is 48.5 Å². The predicted octanol–water partition coefficient (Wildman–Crippen LogP) is 0.00980. The molecule has 0 saturated heterocycles. The van der Waals surface area contributed by atoms with Crippen LogP contribution in [0.25, 0.3) is 0 Å². The number of hydrogen-bond acceptors (Lipinski definition) is 7. The SMILES string of the molecule is CC(=O)NS(=O)(=O)c1ccc(N)cc1.Nc1ccc(S(N)(=O)=O)cc1. The first kappa shape index (κ1) is 20.4. The molecule has 0 saturated carbocycles. The lowest BCUT2D eigenvalue weighted by Crippen LogP contribution is -2.28. The average Bonchev–Trinajstić information content (AvgIpc) is 2.46. The third kappa shape index (κ3) is 6.79. The van der Waals surface area contributed by atoms with Crippen LogP contribution in [0, 0.1) is 0 Å². The van der Waals surface area contributed by atoms with E-state index >= 15 is 0 Å². The Morgan fingerprint density at radius 3 is 1.48 bits per heavy atom. The van der Waals surface area contributed by atoms with Gasteiger partial charge in [0.15, 0.2) is 0 Å². The standard InChI is InChI=1S/C8H10N2O3S.C6H8N2O2S/c1-6(11)10-14(12,13)8-4-2-7(9)3-5-8;7-5-1-3-6(4-2-5)11(8,9)10/h2-5H,9H2,1H3,(H,10,11);1-4H,7H2,(H2,8,9,10). The Bertz CT molecular complexity index is 938. The molecule has 0 atom stereocenters. The Labute approximate surface area is 145 Å². The zero-order chi connectivity index (χ0) is 19.3. The zero-order valence-electron chi connectivity index (χ0n) is 13.2. The van der Waals surface area contributed by atoms with E-state index in [1.807, 2.05) is 4.72 Å². The van der Waals surface area contributed by atoms with E-state index in [0.717, 1.165) is 6.92 Å². The third-order valence-electron chi connectivity index (χ3n) is 2.68. The molecule has 0 aliphatic rings. The number of rotatable bonds is 3. The fourth-order valence-electron chi connectivity index (χ4n) is 1.55. The molecule has 0 fully saturated rings. The topological polar surface area (TPSA) is 175 Å². The van der Waals surface area contributed by atoms with E-state index in [-0.39, 0.29) is 9.79 Å². The van der Waals surface area contributed by atoms with Crippen LogP contribution in [-0.4, -0.2) is 22.7 Å². The molecule has 0 spiro atoms. The summed E-state index contributed by atoms with van der Waals surface area (Å²) >= 11 is 0. The van der Waals surface area contributed by atoms with Crippen molar-refractivity contribution in [2.24, 2.45) is 5.14 Å². The van der Waals surface area contributed by atoms with Crippen LogP contribution in [0.15, 0.2) is 58.3 Å². The van der Waals surface area contributed by atoms with Crippen molar-refractivity contribution in [2.75, 3.05) is 11.5 Å². The molecular weight excluding hydrogens is 368 g/mol. The summed E-state index contributed by atoms with van der Waals surface area (Å²) in [7, 11) is -7.31. The maximum absolute atomic E-state index is 11.4. The number of nitrogens with one attached hydrogen (secondary N) is 1. The van der Waals surface area contributed by atoms with Crippen LogP contribution in [0.3, 0.4) is 0 Å². The molecule has 25 heavy (non-hydrogen) atoms. The fraction of sp³-hybridized carbons (Fsp3) is 0.0714. The van der Waals surface area contributed by atoms with E-state index < -0.39 is 26.0 Å². The van der Waals surface area contributed by atoms with Gasteiger partial charge < -0.3 is 11.5 Å². The van der Waals surface area contributed by atoms with Crippen LogP contribution >= 0.6 is 0 Å². The van der Waals surface area contributed by atoms with Gasteiger partial charge in [0.05, 0.1) is 9.79 Å². The summed E-state index contributed by atoms with van der Waals surface area (Å²) in [6, 6.07) is 11.3. The van der Waals surface area contributed by atoms with Gasteiger partial charge in [0.1, 0.15) is 0 Å². The van der Waals surface area contributed by atoms with Crippen LogP contribution in [0.2, 0.25) is 0 Å². The molecule has 0 heterocycles. The first-order valence-electron chi connectivity index (χ1n) is 6.69. The van der Waals surface area contributed by atoms with Gasteiger partial charge in [-0.3, -0.25) is 4.79 Å². The summed E-state index contributed by atoms with van der Waals surface area (Å²) in [6.45, 7) is 1.13. The normalized spacial score (nSPS) is 11.1. The average molecular weight is 386 g/mol. The van der Waals surface area contributed by atoms with Crippen molar-refractivity contribution >= 4 is 37.3 Å². The van der Waals surface area contributed by atoms with E-state index in [4.69, 9.17) is 16.6 Å². The van der Waals surface area contributed by atoms with E-state index in [9.17, 15) is 21.6 Å². The van der Waals surface area contributed by atoms with Gasteiger partial charge >= 0.3 is 0 Å². The van der Waals surface area contributed by atoms with Crippen molar-refractivity contribution in [3.63, 3.8) is 0 Å². The summed E-state index contributed by atoms with van der Waals surface area (Å²) in [4.78, 5) is 10.7. The summed E-state index contributed by atoms with van der Waals surface area (Å²) in [6.07, 6.45) is 0. The Hall–Kier alpha value is -2.63. The van der Waals surface area contributed by atoms with E-state index in [1.54, 1.807) is 0 Å². The molecule has 0 radical (unpaired) electrons. The highest BCUT2D eigenvalue weighted by Gasteiger charge is 2.14. The maximum Gasteiger partial charge on any atom is 0.264 e. The number of hydrogen-bond donors (Lipinski definition) is 4. The van der Waals surface area contributed by atoms with Gasteiger partial charge in [-0.1, -0.05) is 0 Å². The van der Waals surface area contributed by atoms with Crippen LogP contribution < -0.4 is 21.3 Å². The van der Waals surface area contributed by atoms with Gasteiger partial charge in [-0.25, -0.2) is 26.7 Å². The number of benzene rings is 2. The van der Waals surface area contributed by atoms with Crippen molar-refractivity contribution in [3.8, 4) is 0 Å². The molecule has 1 amide bonds. The molecule has 0 unspecified atom stereocenters. The van der Waals surface area contributed by atoms with E-state index in [0.29, 0.717) is 11.4 Å². The second-order valence-corrected chi connectivity index (χ2v) is 8.09. The minimum absolute atomic E-state index is 0.0156. The fourth-order valence-corrected chi connectivity index (χ4v) is 3.06. The molecular formula is C14H18N4O5S2. The highest BCUT2D eigenvalue weighted by atomic mass is 32.2. The highest BCUT2D eigenvalue weighted by Crippen LogP contribution is 2.11. The monoisotopic (exact) mass is 386 g/mol. The van der Waals surface area contributed by atoms with Crippen molar-refractivity contribution < 1.29 is 21.6 Å². The summed E-state index contributed by atoms with van der Waals surface area (Å²) in [5, 5.41) is 4.84. The molecule has 2 aromatic carbocycles. The number of anilines is 2. The van der Waals surface area contributed by atoms with Gasteiger partial charge in [0.25, 0.3) is 10.0 Å². The van der Waals surface area contributed by atoms with Crippen LogP contribution in [-0.2, 0) is 24.8 Å². The number of carbonyl (C=O) groups is 1. The molecule has 0 aliphatic carbocycles. The second-order valence-electron chi connectivity index (χ2n) is 4.84. The van der Waals surface area contributed by atoms with Crippen LogP contribution in [0.4, 0.5) is 11.4 Å². The lowest BCUT2D eigenvalue weighted by molar-refractivity contribution is -0.117. The quantitative estimate of drug-likeness (QED) is 0.537. The minimum atomic E-state index is -3.73. The molecule has 0 aliphatic heterocycles. The first-order valence-corrected chi connectivity index (χ1v) is 9.72. The number of nitrogen functional groups attached to an aromatic ring is 2. The van der Waals surface area contributed by atoms with Crippen molar-refractivity contribution in [2.45, 2.75) is 16.7 Å². The van der Waals surface area contributed by atoms with Crippen molar-refractivity contribution in [1.82, 2.24) is 4.72 Å². The number of carbonyl (C=O) groups excluding carboxylic acids is 1. The number of sulfonamides is 2. The largest absolute Gasteiger partial charge is 0.399 e. The lowest BCUT2D eigenvalue weighted by Gasteiger charge is -2.04. The number of amides is 1. The lowest BCUT2D eigenvalue weighted by atomic mass is 10.3. The molecule has 0 bridgehead atoms. The molecule has 2 rings (SSSR count). The molecule has 9 nitrogen and oxygen atoms in total. The Morgan fingerprint density at radius 2 is 1.16 bits per heavy atom. The molecule has 11 heteroatoms. The van der Waals surface area contributed by atoms with E-state index in [1.165, 1.54) is 48.5 Å². The molecule has 136 valence electrons. The van der Waals surface area contributed by atoms with Gasteiger partial charge in [-0.15, -0.1) is 0 Å². The summed E-state index contributed by atoms with van der Waals surface area (Å²) in [5.41, 5.74) is 11.7. The Kier molecular flexibility index (Phi) is 6.50. The van der Waals surface area contributed by atoms with Crippen molar-refractivity contribution in [3.05, 3.63) is 48.5 Å². The third-order valence-corrected chi connectivity index (χ3v) is 5.06. The smallest absolute Gasteiger partial charge is 0.264 e. The molecule has 0 aromatic heterocycles. The van der Waals surface area contributed by atoms with Gasteiger partial charge in [-0.2, -0.15) is 0 Å². The van der Waals surface area contributed by atoms with Gasteiger partial charge in [0, 0.05) is 18.3 Å². The van der Waals surface area contributed by atoms with Crippen molar-refractivity contribution in [1.29, 1.82) is 0 Å². The van der Waals surface area contributed by atoms with E-state index in [2.05, 4.69) is 0 Å². The molecule has 2 aromatic rings. The Balaban J connectivity index is 0.000000257. The predicted molar refractivity (Wildman–Crippen MR) is 94.1 cm³/mol. The Morgan fingerprint density at radius 1 is 0.800 bits per heavy atom. The summed E-state index contributed by atoms with van der Waals surface area (Å²) in [5.74, 6) is -0.623. The maximum atomic E-state index is 11.4. The number of nitrogens with two attached hydrogens (primary N) is 3. The van der Waals surface area contributed by atoms with Gasteiger partial charge in [0.2, 0.25) is 15.9 Å². The highest BCUT2D eigenvalue weighted by molar-refractivity contribution is 7.90. The van der Waals surface area contributed by atoms with Crippen LogP contribution in [0.5, 0.6) is 0 Å². The second kappa shape index (κ2) is 7.96. The zero-order valence-corrected chi connectivity index (χ0v) is 14.8. The number of primary sulfonamides is 1. The van der Waals surface area contributed by atoms with Crippen LogP contribution in [0.1, 0.15) is 6.92 Å².